The Bertz CT molecular complexity index is 986. The number of fused-ring (bicyclic) bond motifs is 1. The van der Waals surface area contributed by atoms with E-state index >= 15 is 0 Å². The van der Waals surface area contributed by atoms with Gasteiger partial charge < -0.3 is 15.5 Å². The Balaban J connectivity index is 1.94. The Morgan fingerprint density at radius 1 is 1.04 bits per heavy atom. The molecular weight excluding hydrogens is 326 g/mol. The molecule has 0 radical (unpaired) electrons. The molecule has 0 saturated carbocycles. The van der Waals surface area contributed by atoms with Crippen LogP contribution >= 0.6 is 0 Å². The van der Waals surface area contributed by atoms with E-state index in [0.29, 0.717) is 5.56 Å². The number of carbonyl (C=O) groups excluding carboxylic acids is 1. The number of benzene rings is 2. The van der Waals surface area contributed by atoms with Crippen molar-refractivity contribution in [2.75, 3.05) is 0 Å². The molecule has 2 aromatic carbocycles. The maximum atomic E-state index is 11.4. The van der Waals surface area contributed by atoms with E-state index in [1.807, 2.05) is 30.3 Å². The first kappa shape index (κ1) is 16.1. The fourth-order valence-corrected chi connectivity index (χ4v) is 3.60. The molecule has 3 aromatic rings. The topological polar surface area (TPSA) is 80.6 Å². The van der Waals surface area contributed by atoms with Crippen LogP contribution in [0.25, 0.3) is 16.9 Å². The van der Waals surface area contributed by atoms with Crippen LogP contribution in [0.15, 0.2) is 65.8 Å². The Morgan fingerprint density at radius 2 is 1.77 bits per heavy atom. The average molecular weight is 345 g/mol. The van der Waals surface area contributed by atoms with E-state index in [2.05, 4.69) is 27.9 Å². The predicted molar refractivity (Wildman–Crippen MR) is 101 cm³/mol. The molecule has 5 nitrogen and oxygen atoms in total. The van der Waals surface area contributed by atoms with Gasteiger partial charge in [-0.2, -0.15) is 0 Å². The molecule has 1 heterocycles. The van der Waals surface area contributed by atoms with Crippen molar-refractivity contribution in [1.82, 2.24) is 4.57 Å². The Kier molecular flexibility index (Phi) is 4.05. The van der Waals surface area contributed by atoms with Gasteiger partial charge in [-0.25, -0.2) is 0 Å². The number of primary amides is 1. The number of carbonyl (C=O) groups is 1. The molecular formula is C21H19N3O2. The number of rotatable bonds is 3. The van der Waals surface area contributed by atoms with E-state index in [1.54, 1.807) is 12.1 Å². The molecule has 130 valence electrons. The Morgan fingerprint density at radius 3 is 2.42 bits per heavy atom. The van der Waals surface area contributed by atoms with E-state index in [1.165, 1.54) is 0 Å². The van der Waals surface area contributed by atoms with Gasteiger partial charge in [-0.1, -0.05) is 35.5 Å². The van der Waals surface area contributed by atoms with Crippen LogP contribution < -0.4 is 5.73 Å². The van der Waals surface area contributed by atoms with E-state index in [-0.39, 0.29) is 0 Å². The highest BCUT2D eigenvalue weighted by atomic mass is 16.4. The maximum Gasteiger partial charge on any atom is 0.248 e. The number of aromatic nitrogens is 1. The van der Waals surface area contributed by atoms with Crippen molar-refractivity contribution < 1.29 is 10.0 Å². The quantitative estimate of drug-likeness (QED) is 0.560. The lowest BCUT2D eigenvalue weighted by atomic mass is 9.95. The second kappa shape index (κ2) is 6.52. The summed E-state index contributed by atoms with van der Waals surface area (Å²) < 4.78 is 2.18. The molecule has 0 aliphatic heterocycles. The summed E-state index contributed by atoms with van der Waals surface area (Å²) in [6.45, 7) is 0. The fraction of sp³-hybridized carbons (Fsp3) is 0.143. The van der Waals surface area contributed by atoms with Crippen LogP contribution in [0.4, 0.5) is 0 Å². The zero-order valence-corrected chi connectivity index (χ0v) is 14.2. The van der Waals surface area contributed by atoms with Gasteiger partial charge in [-0.05, 0) is 55.2 Å². The molecule has 3 N–H and O–H groups in total. The maximum absolute atomic E-state index is 11.4. The van der Waals surface area contributed by atoms with Gasteiger partial charge in [0.05, 0.1) is 11.4 Å². The number of hydrogen-bond donors (Lipinski definition) is 2. The third-order valence-corrected chi connectivity index (χ3v) is 4.84. The van der Waals surface area contributed by atoms with Crippen LogP contribution in [0, 0.1) is 0 Å². The first-order chi connectivity index (χ1) is 12.7. The standard InChI is InChI=1S/C21H19N3O2/c22-21(25)15-9-11-16(12-10-15)24-19-8-4-7-18(23-26)17(19)13-20(24)14-5-2-1-3-6-14/h1-3,5-6,9-13,26H,4,7-8H2,(H2,22,25). The highest BCUT2D eigenvalue weighted by Gasteiger charge is 2.24. The van der Waals surface area contributed by atoms with Gasteiger partial charge in [0.15, 0.2) is 0 Å². The lowest BCUT2D eigenvalue weighted by molar-refractivity contribution is 0.100. The van der Waals surface area contributed by atoms with E-state index < -0.39 is 5.91 Å². The number of oxime groups is 1. The van der Waals surface area contributed by atoms with Crippen LogP contribution in [-0.2, 0) is 6.42 Å². The smallest absolute Gasteiger partial charge is 0.248 e. The van der Waals surface area contributed by atoms with Crippen molar-refractivity contribution in [3.63, 3.8) is 0 Å². The monoisotopic (exact) mass is 345 g/mol. The van der Waals surface area contributed by atoms with Crippen molar-refractivity contribution in [3.8, 4) is 16.9 Å². The summed E-state index contributed by atoms with van der Waals surface area (Å²) in [5.74, 6) is -0.441. The predicted octanol–water partition coefficient (Wildman–Crippen LogP) is 3.76. The Labute approximate surface area is 151 Å². The molecule has 1 aliphatic carbocycles. The number of nitrogens with two attached hydrogens (primary N) is 1. The van der Waals surface area contributed by atoms with Gasteiger partial charge in [-0.15, -0.1) is 0 Å². The molecule has 1 aromatic heterocycles. The van der Waals surface area contributed by atoms with Crippen molar-refractivity contribution >= 4 is 11.6 Å². The lowest BCUT2D eigenvalue weighted by Crippen LogP contribution is -2.14. The molecule has 1 aliphatic rings. The van der Waals surface area contributed by atoms with Crippen LogP contribution in [0.3, 0.4) is 0 Å². The molecule has 26 heavy (non-hydrogen) atoms. The number of hydrogen-bond acceptors (Lipinski definition) is 3. The minimum atomic E-state index is -0.441. The molecule has 1 amide bonds. The second-order valence-corrected chi connectivity index (χ2v) is 6.40. The summed E-state index contributed by atoms with van der Waals surface area (Å²) in [5.41, 5.74) is 11.7. The van der Waals surface area contributed by atoms with Crippen molar-refractivity contribution in [1.29, 1.82) is 0 Å². The summed E-state index contributed by atoms with van der Waals surface area (Å²) in [6, 6.07) is 19.5. The zero-order chi connectivity index (χ0) is 18.1. The van der Waals surface area contributed by atoms with Gasteiger partial charge >= 0.3 is 0 Å². The van der Waals surface area contributed by atoms with Gasteiger partial charge in [0.25, 0.3) is 0 Å². The van der Waals surface area contributed by atoms with Crippen molar-refractivity contribution in [2.24, 2.45) is 10.9 Å². The summed E-state index contributed by atoms with van der Waals surface area (Å²) in [7, 11) is 0. The van der Waals surface area contributed by atoms with Gasteiger partial charge in [0.1, 0.15) is 0 Å². The molecule has 5 heteroatoms. The summed E-state index contributed by atoms with van der Waals surface area (Å²) in [6.07, 6.45) is 2.60. The van der Waals surface area contributed by atoms with E-state index in [9.17, 15) is 10.0 Å². The molecule has 4 rings (SSSR count). The normalized spacial score (nSPS) is 15.0. The first-order valence-electron chi connectivity index (χ1n) is 8.60. The van der Waals surface area contributed by atoms with Crippen molar-refractivity contribution in [3.05, 3.63) is 77.5 Å². The average Bonchev–Trinajstić information content (AvgIpc) is 3.08. The highest BCUT2D eigenvalue weighted by Crippen LogP contribution is 2.34. The third kappa shape index (κ3) is 2.67. The van der Waals surface area contributed by atoms with Crippen LogP contribution in [0.2, 0.25) is 0 Å². The van der Waals surface area contributed by atoms with Crippen LogP contribution in [0.5, 0.6) is 0 Å². The lowest BCUT2D eigenvalue weighted by Gasteiger charge is -2.18. The first-order valence-corrected chi connectivity index (χ1v) is 8.60. The van der Waals surface area contributed by atoms with E-state index in [0.717, 1.165) is 53.2 Å². The second-order valence-electron chi connectivity index (χ2n) is 6.40. The van der Waals surface area contributed by atoms with Crippen molar-refractivity contribution in [2.45, 2.75) is 19.3 Å². The minimum Gasteiger partial charge on any atom is -0.411 e. The van der Waals surface area contributed by atoms with Crippen LogP contribution in [-0.4, -0.2) is 21.4 Å². The number of amides is 1. The molecule has 0 fully saturated rings. The summed E-state index contributed by atoms with van der Waals surface area (Å²) >= 11 is 0. The minimum absolute atomic E-state index is 0.441. The molecule has 0 saturated heterocycles. The largest absolute Gasteiger partial charge is 0.411 e. The fourth-order valence-electron chi connectivity index (χ4n) is 3.60. The summed E-state index contributed by atoms with van der Waals surface area (Å²) in [5, 5.41) is 12.9. The number of nitrogens with zero attached hydrogens (tertiary/aromatic N) is 2. The molecule has 0 atom stereocenters. The van der Waals surface area contributed by atoms with Gasteiger partial charge in [0.2, 0.25) is 5.91 Å². The molecule has 0 unspecified atom stereocenters. The van der Waals surface area contributed by atoms with E-state index in [4.69, 9.17) is 5.73 Å². The molecule has 0 spiro atoms. The Hall–Kier alpha value is -3.34. The van der Waals surface area contributed by atoms with Gasteiger partial charge in [-0.3, -0.25) is 4.79 Å². The SMILES string of the molecule is NC(=O)c1ccc(-n2c(-c3ccccc3)cc3c2CCCC3=NO)cc1. The third-order valence-electron chi connectivity index (χ3n) is 4.84. The zero-order valence-electron chi connectivity index (χ0n) is 14.2. The van der Waals surface area contributed by atoms with Crippen LogP contribution in [0.1, 0.15) is 34.5 Å². The highest BCUT2D eigenvalue weighted by molar-refractivity contribution is 6.03. The molecule has 0 bridgehead atoms. The summed E-state index contributed by atoms with van der Waals surface area (Å²) in [4.78, 5) is 11.4. The van der Waals surface area contributed by atoms with Gasteiger partial charge in [0, 0.05) is 22.5 Å².